The molecule has 2 aromatic carbocycles. The molecule has 28 heavy (non-hydrogen) atoms. The van der Waals surface area contributed by atoms with Crippen molar-refractivity contribution in [1.82, 2.24) is 14.5 Å². The van der Waals surface area contributed by atoms with Crippen LogP contribution in [0.5, 0.6) is 0 Å². The van der Waals surface area contributed by atoms with E-state index in [1.165, 1.54) is 32.3 Å². The monoisotopic (exact) mass is 427 g/mol. The molecular weight excluding hydrogens is 405 g/mol. The van der Waals surface area contributed by atoms with Crippen molar-refractivity contribution in [2.45, 2.75) is 18.0 Å². The number of rotatable bonds is 8. The van der Waals surface area contributed by atoms with E-state index >= 15 is 0 Å². The van der Waals surface area contributed by atoms with Crippen LogP contribution in [-0.4, -0.2) is 51.2 Å². The molecule has 2 rings (SSSR count). The maximum absolute atomic E-state index is 13.9. The van der Waals surface area contributed by atoms with Crippen LogP contribution >= 0.6 is 11.6 Å². The summed E-state index contributed by atoms with van der Waals surface area (Å²) in [4.78, 5) is 14.0. The Balaban J connectivity index is 2.00. The second-order valence-electron chi connectivity index (χ2n) is 6.54. The van der Waals surface area contributed by atoms with Crippen molar-refractivity contribution in [2.75, 3.05) is 27.7 Å². The summed E-state index contributed by atoms with van der Waals surface area (Å²) in [6.07, 6.45) is 0. The van der Waals surface area contributed by atoms with Crippen molar-refractivity contribution in [3.8, 4) is 0 Å². The molecule has 1 amide bonds. The first kappa shape index (κ1) is 22.3. The Hall–Kier alpha value is -2.00. The van der Waals surface area contributed by atoms with Crippen LogP contribution in [0.1, 0.15) is 11.1 Å². The van der Waals surface area contributed by atoms with E-state index in [0.717, 1.165) is 4.31 Å². The molecule has 0 spiro atoms. The zero-order valence-electron chi connectivity index (χ0n) is 15.9. The molecule has 0 saturated heterocycles. The lowest BCUT2D eigenvalue weighted by Crippen LogP contribution is -2.35. The lowest BCUT2D eigenvalue weighted by Gasteiger charge is -2.18. The third kappa shape index (κ3) is 5.51. The highest BCUT2D eigenvalue weighted by atomic mass is 35.5. The molecule has 0 aliphatic heterocycles. The lowest BCUT2D eigenvalue weighted by molar-refractivity contribution is -0.122. The van der Waals surface area contributed by atoms with E-state index in [1.54, 1.807) is 36.2 Å². The van der Waals surface area contributed by atoms with Crippen molar-refractivity contribution >= 4 is 27.5 Å². The molecule has 0 aromatic heterocycles. The molecule has 2 aromatic rings. The van der Waals surface area contributed by atoms with Crippen molar-refractivity contribution in [2.24, 2.45) is 0 Å². The third-order valence-electron chi connectivity index (χ3n) is 4.11. The smallest absolute Gasteiger partial charge is 0.242 e. The number of nitrogens with zero attached hydrogens (tertiary/aromatic N) is 2. The first-order valence-corrected chi connectivity index (χ1v) is 10.3. The van der Waals surface area contributed by atoms with E-state index in [9.17, 15) is 17.6 Å². The first-order valence-electron chi connectivity index (χ1n) is 8.51. The number of amides is 1. The molecule has 0 atom stereocenters. The van der Waals surface area contributed by atoms with E-state index in [4.69, 9.17) is 11.6 Å². The van der Waals surface area contributed by atoms with Crippen LogP contribution in [0.15, 0.2) is 47.4 Å². The van der Waals surface area contributed by atoms with Gasteiger partial charge in [0, 0.05) is 37.8 Å². The Morgan fingerprint density at radius 2 is 1.79 bits per heavy atom. The van der Waals surface area contributed by atoms with Crippen LogP contribution in [0.25, 0.3) is 0 Å². The Morgan fingerprint density at radius 3 is 2.43 bits per heavy atom. The van der Waals surface area contributed by atoms with Gasteiger partial charge in [0.05, 0.1) is 11.4 Å². The quantitative estimate of drug-likeness (QED) is 0.702. The Morgan fingerprint density at radius 1 is 1.11 bits per heavy atom. The predicted octanol–water partition coefficient (Wildman–Crippen LogP) is 2.48. The fourth-order valence-corrected chi connectivity index (χ4v) is 3.94. The number of sulfonamides is 1. The highest BCUT2D eigenvalue weighted by Gasteiger charge is 2.21. The van der Waals surface area contributed by atoms with Crippen LogP contribution < -0.4 is 5.32 Å². The van der Waals surface area contributed by atoms with Gasteiger partial charge in [-0.2, -0.15) is 0 Å². The molecule has 0 bridgehead atoms. The zero-order valence-corrected chi connectivity index (χ0v) is 17.5. The highest BCUT2D eigenvalue weighted by molar-refractivity contribution is 7.89. The van der Waals surface area contributed by atoms with E-state index in [-0.39, 0.29) is 30.4 Å². The molecule has 6 nitrogen and oxygen atoms in total. The summed E-state index contributed by atoms with van der Waals surface area (Å²) in [5.41, 5.74) is 0.811. The van der Waals surface area contributed by atoms with Gasteiger partial charge < -0.3 is 5.32 Å². The zero-order chi connectivity index (χ0) is 20.9. The number of benzene rings is 2. The number of hydrogen-bond acceptors (Lipinski definition) is 4. The molecule has 0 radical (unpaired) electrons. The molecular formula is C19H23ClFN3O3S. The summed E-state index contributed by atoms with van der Waals surface area (Å²) < 4.78 is 39.8. The Bertz CT molecular complexity index is 931. The summed E-state index contributed by atoms with van der Waals surface area (Å²) in [6, 6.07) is 10.9. The number of hydrogen-bond donors (Lipinski definition) is 1. The van der Waals surface area contributed by atoms with Crippen LogP contribution in [0.4, 0.5) is 4.39 Å². The molecule has 152 valence electrons. The molecule has 0 aliphatic rings. The second kappa shape index (κ2) is 9.47. The minimum Gasteiger partial charge on any atom is -0.351 e. The molecule has 9 heteroatoms. The van der Waals surface area contributed by atoms with Gasteiger partial charge >= 0.3 is 0 Å². The van der Waals surface area contributed by atoms with Gasteiger partial charge in [-0.3, -0.25) is 9.69 Å². The van der Waals surface area contributed by atoms with Crippen LogP contribution in [-0.2, 0) is 27.9 Å². The van der Waals surface area contributed by atoms with E-state index < -0.39 is 15.8 Å². The van der Waals surface area contributed by atoms with E-state index in [1.807, 2.05) is 0 Å². The summed E-state index contributed by atoms with van der Waals surface area (Å²) in [5, 5.41) is 3.01. The van der Waals surface area contributed by atoms with Gasteiger partial charge in [0.15, 0.2) is 0 Å². The van der Waals surface area contributed by atoms with Gasteiger partial charge in [-0.1, -0.05) is 35.9 Å². The largest absolute Gasteiger partial charge is 0.351 e. The van der Waals surface area contributed by atoms with Crippen LogP contribution in [0, 0.1) is 5.82 Å². The molecule has 0 fully saturated rings. The molecule has 0 unspecified atom stereocenters. The van der Waals surface area contributed by atoms with Crippen LogP contribution in [0.3, 0.4) is 0 Å². The minimum absolute atomic E-state index is 0.00720. The number of carbonyl (C=O) groups excluding carboxylic acids is 1. The Kier molecular flexibility index (Phi) is 7.54. The Labute approximate surface area is 170 Å². The summed E-state index contributed by atoms with van der Waals surface area (Å²) in [7, 11) is 0.964. The molecule has 1 N–H and O–H groups in total. The van der Waals surface area contributed by atoms with E-state index in [0.29, 0.717) is 16.1 Å². The van der Waals surface area contributed by atoms with Gasteiger partial charge in [-0.15, -0.1) is 0 Å². The molecule has 0 saturated carbocycles. The minimum atomic E-state index is -3.61. The molecule has 0 aliphatic carbocycles. The van der Waals surface area contributed by atoms with Gasteiger partial charge in [0.1, 0.15) is 5.82 Å². The first-order chi connectivity index (χ1) is 13.1. The van der Waals surface area contributed by atoms with Crippen molar-refractivity contribution < 1.29 is 17.6 Å². The SMILES string of the molecule is CN(CC(=O)NCc1ccccc1S(=O)(=O)N(C)C)Cc1c(F)cccc1Cl. The standard InChI is InChI=1S/C19H23ClFN3O3S/c1-23(2)28(26,27)18-10-5-4-7-14(18)11-22-19(25)13-24(3)12-15-16(20)8-6-9-17(15)21/h4-10H,11-13H2,1-3H3,(H,22,25). The average molecular weight is 428 g/mol. The van der Waals surface area contributed by atoms with Crippen LogP contribution in [0.2, 0.25) is 5.02 Å². The van der Waals surface area contributed by atoms with Gasteiger partial charge in [0.25, 0.3) is 0 Å². The lowest BCUT2D eigenvalue weighted by atomic mass is 10.2. The number of carbonyl (C=O) groups is 1. The number of likely N-dealkylation sites (N-methyl/N-ethyl adjacent to an activating group) is 1. The summed E-state index contributed by atoms with van der Waals surface area (Å²) >= 11 is 6.01. The predicted molar refractivity (Wildman–Crippen MR) is 107 cm³/mol. The topological polar surface area (TPSA) is 69.7 Å². The highest BCUT2D eigenvalue weighted by Crippen LogP contribution is 2.20. The second-order valence-corrected chi connectivity index (χ2v) is 9.07. The van der Waals surface area contributed by atoms with E-state index in [2.05, 4.69) is 5.32 Å². The van der Waals surface area contributed by atoms with Gasteiger partial charge in [-0.05, 0) is 30.8 Å². The molecule has 0 heterocycles. The third-order valence-corrected chi connectivity index (χ3v) is 6.38. The summed E-state index contributed by atoms with van der Waals surface area (Å²) in [6.45, 7) is 0.244. The van der Waals surface area contributed by atoms with Crippen molar-refractivity contribution in [3.63, 3.8) is 0 Å². The fraction of sp³-hybridized carbons (Fsp3) is 0.316. The van der Waals surface area contributed by atoms with Gasteiger partial charge in [0.2, 0.25) is 15.9 Å². The fourth-order valence-electron chi connectivity index (χ4n) is 2.60. The normalized spacial score (nSPS) is 11.8. The maximum Gasteiger partial charge on any atom is 0.242 e. The maximum atomic E-state index is 13.9. The summed E-state index contributed by atoms with van der Waals surface area (Å²) in [5.74, 6) is -0.741. The number of halogens is 2. The van der Waals surface area contributed by atoms with Gasteiger partial charge in [-0.25, -0.2) is 17.1 Å². The average Bonchev–Trinajstić information content (AvgIpc) is 2.63. The van der Waals surface area contributed by atoms with Crippen molar-refractivity contribution in [1.29, 1.82) is 0 Å². The number of nitrogens with one attached hydrogen (secondary N) is 1. The van der Waals surface area contributed by atoms with Crippen molar-refractivity contribution in [3.05, 3.63) is 64.4 Å².